The predicted molar refractivity (Wildman–Crippen MR) is 64.1 cm³/mol. The number of carbonyl (C=O) groups excluding carboxylic acids is 1. The molecule has 94 valence electrons. The molecule has 1 amide bonds. The number of nitrogens with one attached hydrogen (secondary N) is 1. The molecule has 0 aromatic heterocycles. The van der Waals surface area contributed by atoms with Gasteiger partial charge in [-0.25, -0.2) is 0 Å². The van der Waals surface area contributed by atoms with E-state index in [4.69, 9.17) is 10.5 Å². The van der Waals surface area contributed by atoms with Gasteiger partial charge >= 0.3 is 0 Å². The van der Waals surface area contributed by atoms with Crippen molar-refractivity contribution in [3.05, 3.63) is 0 Å². The van der Waals surface area contributed by atoms with Crippen LogP contribution in [0.5, 0.6) is 0 Å². The molecular formula is C12H24N2O2. The number of ether oxygens (including phenoxy) is 1. The molecule has 1 unspecified atom stereocenters. The Labute approximate surface area is 97.9 Å². The van der Waals surface area contributed by atoms with E-state index >= 15 is 0 Å². The van der Waals surface area contributed by atoms with Crippen LogP contribution >= 0.6 is 0 Å². The van der Waals surface area contributed by atoms with Crippen molar-refractivity contribution in [2.45, 2.75) is 57.6 Å². The molecule has 0 aliphatic heterocycles. The number of hydrogen-bond donors (Lipinski definition) is 2. The molecular weight excluding hydrogens is 204 g/mol. The molecule has 1 aliphatic carbocycles. The third-order valence-corrected chi connectivity index (χ3v) is 3.20. The van der Waals surface area contributed by atoms with Crippen molar-refractivity contribution in [2.24, 2.45) is 5.73 Å². The smallest absolute Gasteiger partial charge is 0.240 e. The van der Waals surface area contributed by atoms with Gasteiger partial charge in [0.2, 0.25) is 5.91 Å². The van der Waals surface area contributed by atoms with Crippen LogP contribution in [0.15, 0.2) is 0 Å². The van der Waals surface area contributed by atoms with E-state index in [2.05, 4.69) is 5.32 Å². The molecule has 0 bridgehead atoms. The number of carbonyl (C=O) groups is 1. The molecule has 1 fully saturated rings. The van der Waals surface area contributed by atoms with E-state index in [1.807, 2.05) is 13.8 Å². The van der Waals surface area contributed by atoms with E-state index < -0.39 is 5.54 Å². The second-order valence-electron chi connectivity index (χ2n) is 4.69. The summed E-state index contributed by atoms with van der Waals surface area (Å²) >= 11 is 0. The van der Waals surface area contributed by atoms with Gasteiger partial charge in [0.1, 0.15) is 0 Å². The minimum atomic E-state index is -0.635. The van der Waals surface area contributed by atoms with Crippen LogP contribution in [0.1, 0.15) is 46.0 Å². The summed E-state index contributed by atoms with van der Waals surface area (Å²) in [6.45, 7) is 5.12. The Bertz CT molecular complexity index is 225. The van der Waals surface area contributed by atoms with E-state index in [0.29, 0.717) is 13.2 Å². The van der Waals surface area contributed by atoms with Crippen LogP contribution in [0.3, 0.4) is 0 Å². The fourth-order valence-corrected chi connectivity index (χ4v) is 2.17. The van der Waals surface area contributed by atoms with Crippen LogP contribution in [0.2, 0.25) is 0 Å². The first kappa shape index (κ1) is 13.5. The zero-order valence-electron chi connectivity index (χ0n) is 10.4. The average molecular weight is 228 g/mol. The zero-order valence-corrected chi connectivity index (χ0v) is 10.4. The highest BCUT2D eigenvalue weighted by Crippen LogP contribution is 2.25. The fraction of sp³-hybridized carbons (Fsp3) is 0.917. The van der Waals surface area contributed by atoms with Crippen molar-refractivity contribution in [1.29, 1.82) is 0 Å². The number of rotatable bonds is 5. The summed E-state index contributed by atoms with van der Waals surface area (Å²) in [7, 11) is 0. The summed E-state index contributed by atoms with van der Waals surface area (Å²) < 4.78 is 5.36. The van der Waals surface area contributed by atoms with Gasteiger partial charge in [0.05, 0.1) is 11.6 Å². The molecule has 4 heteroatoms. The van der Waals surface area contributed by atoms with Crippen molar-refractivity contribution in [2.75, 3.05) is 13.2 Å². The van der Waals surface area contributed by atoms with Gasteiger partial charge in [0.15, 0.2) is 0 Å². The SMILES string of the molecule is CCOC(C)CNC(=O)C1(N)CCCCC1. The summed E-state index contributed by atoms with van der Waals surface area (Å²) in [5.74, 6) is -0.0150. The van der Waals surface area contributed by atoms with Crippen molar-refractivity contribution < 1.29 is 9.53 Å². The van der Waals surface area contributed by atoms with Gasteiger partial charge in [-0.2, -0.15) is 0 Å². The van der Waals surface area contributed by atoms with E-state index in [9.17, 15) is 4.79 Å². The van der Waals surface area contributed by atoms with E-state index in [0.717, 1.165) is 25.7 Å². The summed E-state index contributed by atoms with van der Waals surface area (Å²) in [5.41, 5.74) is 5.48. The highest BCUT2D eigenvalue weighted by atomic mass is 16.5. The Balaban J connectivity index is 2.33. The van der Waals surface area contributed by atoms with Gasteiger partial charge in [-0.1, -0.05) is 19.3 Å². The Hall–Kier alpha value is -0.610. The van der Waals surface area contributed by atoms with Gasteiger partial charge in [0.25, 0.3) is 0 Å². The molecule has 1 atom stereocenters. The molecule has 0 aromatic carbocycles. The maximum Gasteiger partial charge on any atom is 0.240 e. The highest BCUT2D eigenvalue weighted by molar-refractivity contribution is 5.86. The molecule has 0 heterocycles. The molecule has 3 N–H and O–H groups in total. The van der Waals surface area contributed by atoms with Gasteiger partial charge in [-0.15, -0.1) is 0 Å². The number of amides is 1. The van der Waals surface area contributed by atoms with Crippen molar-refractivity contribution in [3.8, 4) is 0 Å². The van der Waals surface area contributed by atoms with Crippen LogP contribution in [-0.4, -0.2) is 30.7 Å². The second kappa shape index (κ2) is 6.21. The summed E-state index contributed by atoms with van der Waals surface area (Å²) in [4.78, 5) is 11.9. The summed E-state index contributed by atoms with van der Waals surface area (Å²) in [5, 5.41) is 2.89. The van der Waals surface area contributed by atoms with Crippen molar-refractivity contribution >= 4 is 5.91 Å². The average Bonchev–Trinajstić information content (AvgIpc) is 2.27. The fourth-order valence-electron chi connectivity index (χ4n) is 2.17. The minimum Gasteiger partial charge on any atom is -0.377 e. The van der Waals surface area contributed by atoms with Crippen LogP contribution in [0.4, 0.5) is 0 Å². The molecule has 1 saturated carbocycles. The molecule has 0 spiro atoms. The zero-order chi connectivity index (χ0) is 12.0. The Morgan fingerprint density at radius 1 is 1.44 bits per heavy atom. The van der Waals surface area contributed by atoms with Gasteiger partial charge in [-0.3, -0.25) is 4.79 Å². The second-order valence-corrected chi connectivity index (χ2v) is 4.69. The Morgan fingerprint density at radius 2 is 2.06 bits per heavy atom. The lowest BCUT2D eigenvalue weighted by atomic mass is 9.82. The largest absolute Gasteiger partial charge is 0.377 e. The molecule has 4 nitrogen and oxygen atoms in total. The topological polar surface area (TPSA) is 64.3 Å². The lowest BCUT2D eigenvalue weighted by Gasteiger charge is -2.32. The number of nitrogens with two attached hydrogens (primary N) is 1. The summed E-state index contributed by atoms with van der Waals surface area (Å²) in [6, 6.07) is 0. The predicted octanol–water partition coefficient (Wildman–Crippen LogP) is 1.19. The molecule has 1 aliphatic rings. The first-order valence-electron chi connectivity index (χ1n) is 6.27. The molecule has 16 heavy (non-hydrogen) atoms. The lowest BCUT2D eigenvalue weighted by molar-refractivity contribution is -0.128. The van der Waals surface area contributed by atoms with Gasteiger partial charge < -0.3 is 15.8 Å². The molecule has 0 saturated heterocycles. The quantitative estimate of drug-likeness (QED) is 0.743. The maximum absolute atomic E-state index is 11.9. The third-order valence-electron chi connectivity index (χ3n) is 3.20. The van der Waals surface area contributed by atoms with Crippen LogP contribution < -0.4 is 11.1 Å². The van der Waals surface area contributed by atoms with Gasteiger partial charge in [-0.05, 0) is 26.7 Å². The lowest BCUT2D eigenvalue weighted by Crippen LogP contribution is -2.55. The minimum absolute atomic E-state index is 0.0150. The Kier molecular flexibility index (Phi) is 5.22. The maximum atomic E-state index is 11.9. The van der Waals surface area contributed by atoms with E-state index in [-0.39, 0.29) is 12.0 Å². The molecule has 1 rings (SSSR count). The number of hydrogen-bond acceptors (Lipinski definition) is 3. The van der Waals surface area contributed by atoms with Crippen LogP contribution in [0, 0.1) is 0 Å². The normalized spacial score (nSPS) is 21.4. The monoisotopic (exact) mass is 228 g/mol. The van der Waals surface area contributed by atoms with Crippen molar-refractivity contribution in [1.82, 2.24) is 5.32 Å². The standard InChI is InChI=1S/C12H24N2O2/c1-3-16-10(2)9-14-11(15)12(13)7-5-4-6-8-12/h10H,3-9,13H2,1-2H3,(H,14,15). The van der Waals surface area contributed by atoms with Crippen LogP contribution in [-0.2, 0) is 9.53 Å². The Morgan fingerprint density at radius 3 is 2.62 bits per heavy atom. The third kappa shape index (κ3) is 3.76. The molecule has 0 radical (unpaired) electrons. The van der Waals surface area contributed by atoms with E-state index in [1.54, 1.807) is 0 Å². The molecule has 0 aromatic rings. The van der Waals surface area contributed by atoms with Crippen LogP contribution in [0.25, 0.3) is 0 Å². The van der Waals surface area contributed by atoms with E-state index in [1.165, 1.54) is 6.42 Å². The highest BCUT2D eigenvalue weighted by Gasteiger charge is 2.35. The van der Waals surface area contributed by atoms with Crippen molar-refractivity contribution in [3.63, 3.8) is 0 Å². The summed E-state index contributed by atoms with van der Waals surface area (Å²) in [6.07, 6.45) is 4.99. The van der Waals surface area contributed by atoms with Gasteiger partial charge in [0, 0.05) is 13.2 Å². The first-order valence-corrected chi connectivity index (χ1v) is 6.27. The first-order chi connectivity index (χ1) is 7.58.